The van der Waals surface area contributed by atoms with Crippen LogP contribution in [0.2, 0.25) is 0 Å². The molecule has 0 radical (unpaired) electrons. The van der Waals surface area contributed by atoms with Gasteiger partial charge in [0, 0.05) is 18.8 Å². The van der Waals surface area contributed by atoms with E-state index in [1.807, 2.05) is 14.0 Å². The Morgan fingerprint density at radius 3 is 2.84 bits per heavy atom. The average Bonchev–Trinajstić information content (AvgIpc) is 3.26. The van der Waals surface area contributed by atoms with E-state index in [-0.39, 0.29) is 23.7 Å². The SMILES string of the molecule is Cc1cc(Oc2ccccc2F)ccc1N1C(=O)Nc2c(C(=O)NC3CCCN(C)C3)sc3nccc1c23. The molecule has 0 spiro atoms. The summed E-state index contributed by atoms with van der Waals surface area (Å²) in [5.41, 5.74) is 2.54. The van der Waals surface area contributed by atoms with Crippen molar-refractivity contribution in [1.29, 1.82) is 0 Å². The Morgan fingerprint density at radius 1 is 1.21 bits per heavy atom. The lowest BCUT2D eigenvalue weighted by Gasteiger charge is -2.31. The summed E-state index contributed by atoms with van der Waals surface area (Å²) in [4.78, 5) is 36.1. The van der Waals surface area contributed by atoms with Gasteiger partial charge >= 0.3 is 6.03 Å². The fourth-order valence-electron chi connectivity index (χ4n) is 5.12. The zero-order chi connectivity index (χ0) is 26.4. The van der Waals surface area contributed by atoms with Crippen LogP contribution in [0.3, 0.4) is 0 Å². The highest BCUT2D eigenvalue weighted by Crippen LogP contribution is 2.46. The molecular weight excluding hydrogens is 505 g/mol. The van der Waals surface area contributed by atoms with Crippen molar-refractivity contribution in [2.24, 2.45) is 0 Å². The minimum absolute atomic E-state index is 0.0645. The molecule has 2 aromatic heterocycles. The number of thiophene rings is 1. The van der Waals surface area contributed by atoms with Crippen LogP contribution < -0.4 is 20.3 Å². The molecule has 8 nitrogen and oxygen atoms in total. The molecule has 1 unspecified atom stereocenters. The lowest BCUT2D eigenvalue weighted by molar-refractivity contribution is 0.0917. The topological polar surface area (TPSA) is 86.8 Å². The number of nitrogens with one attached hydrogen (secondary N) is 2. The molecule has 0 aliphatic carbocycles. The van der Waals surface area contributed by atoms with E-state index in [1.165, 1.54) is 17.4 Å². The number of ether oxygens (including phenoxy) is 1. The van der Waals surface area contributed by atoms with Gasteiger partial charge in [0.15, 0.2) is 11.6 Å². The summed E-state index contributed by atoms with van der Waals surface area (Å²) >= 11 is 1.27. The maximum atomic E-state index is 14.1. The molecule has 6 rings (SSSR count). The maximum absolute atomic E-state index is 14.1. The van der Waals surface area contributed by atoms with Crippen LogP contribution in [-0.2, 0) is 0 Å². The number of para-hydroxylation sites is 1. The Balaban J connectivity index is 1.33. The van der Waals surface area contributed by atoms with Crippen LogP contribution in [-0.4, -0.2) is 48.0 Å². The van der Waals surface area contributed by atoms with Gasteiger partial charge in [0.25, 0.3) is 5.91 Å². The summed E-state index contributed by atoms with van der Waals surface area (Å²) in [5, 5.41) is 6.81. The van der Waals surface area contributed by atoms with Crippen LogP contribution in [0.4, 0.5) is 26.2 Å². The number of likely N-dealkylation sites (N-methyl/N-ethyl adjacent to an activating group) is 1. The molecule has 2 aliphatic rings. The van der Waals surface area contributed by atoms with Gasteiger partial charge in [0.1, 0.15) is 15.5 Å². The van der Waals surface area contributed by atoms with Gasteiger partial charge in [-0.1, -0.05) is 12.1 Å². The Kier molecular flexibility index (Phi) is 6.21. The number of piperidine rings is 1. The molecule has 1 saturated heterocycles. The molecule has 0 saturated carbocycles. The summed E-state index contributed by atoms with van der Waals surface area (Å²) in [6.45, 7) is 3.68. The van der Waals surface area contributed by atoms with E-state index in [0.29, 0.717) is 32.5 Å². The third-order valence-electron chi connectivity index (χ3n) is 6.89. The molecule has 10 heteroatoms. The number of pyridine rings is 1. The van der Waals surface area contributed by atoms with Crippen molar-refractivity contribution in [2.75, 3.05) is 30.4 Å². The first-order valence-corrected chi connectivity index (χ1v) is 13.3. The third-order valence-corrected chi connectivity index (χ3v) is 7.98. The van der Waals surface area contributed by atoms with Crippen molar-refractivity contribution in [3.05, 3.63) is 71.0 Å². The summed E-state index contributed by atoms with van der Waals surface area (Å²) in [5.74, 6) is -0.0741. The van der Waals surface area contributed by atoms with Crippen LogP contribution in [0.15, 0.2) is 54.7 Å². The summed E-state index contributed by atoms with van der Waals surface area (Å²) < 4.78 is 19.8. The predicted octanol–water partition coefficient (Wildman–Crippen LogP) is 6.04. The molecule has 0 bridgehead atoms. The predicted molar refractivity (Wildman–Crippen MR) is 146 cm³/mol. The summed E-state index contributed by atoms with van der Waals surface area (Å²) in [7, 11) is 2.05. The quantitative estimate of drug-likeness (QED) is 0.328. The van der Waals surface area contributed by atoms with E-state index in [9.17, 15) is 14.0 Å². The van der Waals surface area contributed by atoms with Crippen LogP contribution in [0.1, 0.15) is 28.1 Å². The second-order valence-corrected chi connectivity index (χ2v) is 10.6. The van der Waals surface area contributed by atoms with Crippen molar-refractivity contribution in [2.45, 2.75) is 25.8 Å². The maximum Gasteiger partial charge on any atom is 0.331 e. The number of carbonyl (C=O) groups excluding carboxylic acids is 2. The number of hydrogen-bond donors (Lipinski definition) is 2. The van der Waals surface area contributed by atoms with Crippen LogP contribution >= 0.6 is 11.3 Å². The van der Waals surface area contributed by atoms with Crippen molar-refractivity contribution in [3.63, 3.8) is 0 Å². The minimum Gasteiger partial charge on any atom is -0.454 e. The first kappa shape index (κ1) is 24.3. The number of anilines is 3. The highest BCUT2D eigenvalue weighted by Gasteiger charge is 2.34. The van der Waals surface area contributed by atoms with Gasteiger partial charge in [0.2, 0.25) is 0 Å². The number of hydrogen-bond acceptors (Lipinski definition) is 6. The molecule has 38 heavy (non-hydrogen) atoms. The highest BCUT2D eigenvalue weighted by molar-refractivity contribution is 7.21. The zero-order valence-electron chi connectivity index (χ0n) is 21.0. The summed E-state index contributed by atoms with van der Waals surface area (Å²) in [6.07, 6.45) is 3.60. The van der Waals surface area contributed by atoms with Gasteiger partial charge in [0.05, 0.1) is 22.4 Å². The van der Waals surface area contributed by atoms with E-state index in [2.05, 4.69) is 20.5 Å². The number of aromatic nitrogens is 1. The molecule has 2 aliphatic heterocycles. The zero-order valence-corrected chi connectivity index (χ0v) is 21.8. The third kappa shape index (κ3) is 4.35. The molecule has 3 amide bonds. The van der Waals surface area contributed by atoms with E-state index >= 15 is 0 Å². The Labute approximate surface area is 223 Å². The number of nitrogens with zero attached hydrogens (tertiary/aromatic N) is 3. The van der Waals surface area contributed by atoms with Crippen LogP contribution in [0.5, 0.6) is 11.5 Å². The van der Waals surface area contributed by atoms with Gasteiger partial charge in [-0.2, -0.15) is 0 Å². The van der Waals surface area contributed by atoms with E-state index < -0.39 is 5.82 Å². The fourth-order valence-corrected chi connectivity index (χ4v) is 6.14. The number of benzene rings is 2. The molecule has 2 N–H and O–H groups in total. The number of likely N-dealkylation sites (tertiary alicyclic amines) is 1. The number of rotatable bonds is 5. The molecule has 194 valence electrons. The fraction of sp³-hybridized carbons (Fsp3) is 0.250. The largest absolute Gasteiger partial charge is 0.454 e. The first-order valence-electron chi connectivity index (χ1n) is 12.4. The lowest BCUT2D eigenvalue weighted by Crippen LogP contribution is -2.46. The monoisotopic (exact) mass is 531 g/mol. The molecule has 2 aromatic carbocycles. The molecule has 4 heterocycles. The second kappa shape index (κ2) is 9.70. The van der Waals surface area contributed by atoms with Gasteiger partial charge in [-0.25, -0.2) is 14.2 Å². The smallest absolute Gasteiger partial charge is 0.331 e. The molecule has 4 aromatic rings. The summed E-state index contributed by atoms with van der Waals surface area (Å²) in [6, 6.07) is 12.9. The minimum atomic E-state index is -0.454. The molecular formula is C28H26FN5O3S. The number of aryl methyl sites for hydroxylation is 1. The van der Waals surface area contributed by atoms with Gasteiger partial charge in [-0.3, -0.25) is 9.69 Å². The van der Waals surface area contributed by atoms with E-state index in [4.69, 9.17) is 4.74 Å². The Hall–Kier alpha value is -4.02. The van der Waals surface area contributed by atoms with E-state index in [1.54, 1.807) is 53.6 Å². The number of carbonyl (C=O) groups is 2. The van der Waals surface area contributed by atoms with Crippen molar-refractivity contribution in [1.82, 2.24) is 15.2 Å². The van der Waals surface area contributed by atoms with Gasteiger partial charge < -0.3 is 20.3 Å². The van der Waals surface area contributed by atoms with Crippen molar-refractivity contribution >= 4 is 50.6 Å². The van der Waals surface area contributed by atoms with Gasteiger partial charge in [-0.15, -0.1) is 11.3 Å². The second-order valence-electron chi connectivity index (χ2n) is 9.64. The number of urea groups is 1. The molecule has 1 atom stereocenters. The van der Waals surface area contributed by atoms with Crippen molar-refractivity contribution < 1.29 is 18.7 Å². The van der Waals surface area contributed by atoms with Crippen molar-refractivity contribution in [3.8, 4) is 11.5 Å². The van der Waals surface area contributed by atoms with E-state index in [0.717, 1.165) is 36.9 Å². The molecule has 1 fully saturated rings. The standard InChI is InChI=1S/C28H26FN5O3S/c1-16-14-18(37-22-8-4-3-7-19(22)29)9-10-20(16)34-21-11-12-30-27-23(21)24(32-28(34)36)25(38-27)26(35)31-17-6-5-13-33(2)15-17/h3-4,7-12,14,17H,5-6,13,15H2,1-2H3,(H,31,35)(H,32,36). The van der Waals surface area contributed by atoms with Crippen LogP contribution in [0.25, 0.3) is 10.2 Å². The number of amides is 3. The Morgan fingerprint density at radius 2 is 2.05 bits per heavy atom. The van der Waals surface area contributed by atoms with Crippen LogP contribution in [0, 0.1) is 12.7 Å². The average molecular weight is 532 g/mol. The number of halogens is 1. The lowest BCUT2D eigenvalue weighted by atomic mass is 10.1. The normalized spacial score (nSPS) is 17.4. The highest BCUT2D eigenvalue weighted by atomic mass is 32.1. The Bertz CT molecular complexity index is 1570. The first-order chi connectivity index (χ1) is 18.4. The van der Waals surface area contributed by atoms with Gasteiger partial charge in [-0.05, 0) is 75.3 Å².